The van der Waals surface area contributed by atoms with Gasteiger partial charge in [0.1, 0.15) is 6.61 Å². The van der Waals surface area contributed by atoms with E-state index in [1.54, 1.807) is 0 Å². The van der Waals surface area contributed by atoms with Gasteiger partial charge in [-0.25, -0.2) is 37.9 Å². The van der Waals surface area contributed by atoms with Crippen molar-refractivity contribution in [1.82, 2.24) is 13.7 Å². The average molecular weight is 318 g/mol. The van der Waals surface area contributed by atoms with Crippen molar-refractivity contribution < 1.29 is 14.9 Å². The Kier molecular flexibility index (Phi) is 7.74. The molecule has 0 aliphatic carbocycles. The molecule has 0 aromatic carbocycles. The van der Waals surface area contributed by atoms with Crippen molar-refractivity contribution in [3.63, 3.8) is 0 Å². The predicted molar refractivity (Wildman–Crippen MR) is 77.6 cm³/mol. The van der Waals surface area contributed by atoms with Crippen molar-refractivity contribution in [1.29, 1.82) is 0 Å². The fourth-order valence-electron chi connectivity index (χ4n) is 1.82. The van der Waals surface area contributed by atoms with Crippen LogP contribution in [0.1, 0.15) is 13.3 Å². The molecule has 10 heteroatoms. The molecule has 0 saturated heterocycles. The summed E-state index contributed by atoms with van der Waals surface area (Å²) in [5.74, 6) is 0. The van der Waals surface area contributed by atoms with E-state index in [1.807, 2.05) is 6.92 Å². The maximum absolute atomic E-state index is 12.2. The fraction of sp³-hybridized carbons (Fsp3) is 0.750. The van der Waals surface area contributed by atoms with Gasteiger partial charge in [-0.1, -0.05) is 6.92 Å². The molecule has 0 amide bonds. The highest BCUT2D eigenvalue weighted by Crippen LogP contribution is 1.84. The minimum Gasteiger partial charge on any atom is -0.395 e. The van der Waals surface area contributed by atoms with Gasteiger partial charge in [0, 0.05) is 13.1 Å². The molecule has 0 radical (unpaired) electrons. The number of aliphatic hydroxyl groups is 1. The topological polar surface area (TPSA) is 131 Å². The van der Waals surface area contributed by atoms with Gasteiger partial charge in [0.05, 0.1) is 26.3 Å². The van der Waals surface area contributed by atoms with E-state index in [1.165, 1.54) is 0 Å². The van der Waals surface area contributed by atoms with Crippen LogP contribution in [0.5, 0.6) is 0 Å². The van der Waals surface area contributed by atoms with E-state index in [0.29, 0.717) is 6.61 Å². The Morgan fingerprint density at radius 1 is 0.909 bits per heavy atom. The second-order valence-corrected chi connectivity index (χ2v) is 4.46. The maximum atomic E-state index is 12.2. The molecule has 1 aromatic heterocycles. The summed E-state index contributed by atoms with van der Waals surface area (Å²) in [6.07, 6.45) is 0.768. The van der Waals surface area contributed by atoms with E-state index in [-0.39, 0.29) is 32.8 Å². The van der Waals surface area contributed by atoms with Crippen LogP contribution in [0.25, 0.3) is 0 Å². The molecule has 1 rings (SSSR count). The summed E-state index contributed by atoms with van der Waals surface area (Å²) < 4.78 is 2.52. The number of hydrogen-bond donors (Lipinski definition) is 2. The van der Waals surface area contributed by atoms with E-state index in [2.05, 4.69) is 0 Å². The van der Waals surface area contributed by atoms with Gasteiger partial charge in [0.25, 0.3) is 0 Å². The summed E-state index contributed by atoms with van der Waals surface area (Å²) >= 11 is 0. The Morgan fingerprint density at radius 3 is 1.91 bits per heavy atom. The first-order chi connectivity index (χ1) is 10.6. The van der Waals surface area contributed by atoms with Crippen molar-refractivity contribution in [3.8, 4) is 0 Å². The highest BCUT2D eigenvalue weighted by atomic mass is 17.2. The molecule has 0 aliphatic rings. The minimum absolute atomic E-state index is 0.0173. The van der Waals surface area contributed by atoms with Crippen LogP contribution >= 0.6 is 0 Å². The van der Waals surface area contributed by atoms with Crippen LogP contribution in [0.3, 0.4) is 0 Å². The Balaban J connectivity index is 3.11. The molecular formula is C12H22N4O6. The zero-order chi connectivity index (χ0) is 16.5. The van der Waals surface area contributed by atoms with Gasteiger partial charge in [-0.15, -0.1) is 0 Å². The van der Waals surface area contributed by atoms with Crippen molar-refractivity contribution in [3.05, 3.63) is 31.5 Å². The van der Waals surface area contributed by atoms with Crippen molar-refractivity contribution in [2.75, 3.05) is 26.4 Å². The van der Waals surface area contributed by atoms with Gasteiger partial charge < -0.3 is 10.8 Å². The minimum atomic E-state index is -0.795. The molecule has 10 nitrogen and oxygen atoms in total. The van der Waals surface area contributed by atoms with Crippen LogP contribution in [-0.4, -0.2) is 45.2 Å². The molecule has 1 heterocycles. The zero-order valence-corrected chi connectivity index (χ0v) is 12.6. The van der Waals surface area contributed by atoms with Gasteiger partial charge in [-0.3, -0.25) is 0 Å². The summed E-state index contributed by atoms with van der Waals surface area (Å²) in [4.78, 5) is 46.0. The van der Waals surface area contributed by atoms with E-state index in [4.69, 9.17) is 20.6 Å². The summed E-state index contributed by atoms with van der Waals surface area (Å²) in [5, 5.41) is 8.96. The SMILES string of the molecule is CCCOOCCn1c(=O)n(CCN)c(=O)n(CCO)c1=O. The number of aromatic nitrogens is 3. The largest absolute Gasteiger partial charge is 0.395 e. The Bertz CT molecular complexity index is 588. The lowest BCUT2D eigenvalue weighted by atomic mass is 10.5. The third-order valence-electron chi connectivity index (χ3n) is 2.83. The van der Waals surface area contributed by atoms with Gasteiger partial charge in [0.2, 0.25) is 0 Å². The summed E-state index contributed by atoms with van der Waals surface area (Å²) in [5.41, 5.74) is 3.04. The van der Waals surface area contributed by atoms with E-state index < -0.39 is 23.7 Å². The number of nitrogens with two attached hydrogens (primary N) is 1. The standard InChI is InChI=1S/C12H22N4O6/c1-2-8-21-22-9-6-16-11(19)14(4-3-13)10(18)15(5-7-17)12(16)20/h17H,2-9,13H2,1H3. The average Bonchev–Trinajstić information content (AvgIpc) is 2.51. The van der Waals surface area contributed by atoms with E-state index >= 15 is 0 Å². The third-order valence-corrected chi connectivity index (χ3v) is 2.83. The van der Waals surface area contributed by atoms with E-state index in [9.17, 15) is 14.4 Å². The first-order valence-corrected chi connectivity index (χ1v) is 7.08. The normalized spacial score (nSPS) is 11.0. The number of nitrogens with zero attached hydrogens (tertiary/aromatic N) is 3. The van der Waals surface area contributed by atoms with Crippen LogP contribution in [0.2, 0.25) is 0 Å². The highest BCUT2D eigenvalue weighted by Gasteiger charge is 2.14. The second kappa shape index (κ2) is 9.30. The lowest BCUT2D eigenvalue weighted by Gasteiger charge is -2.12. The smallest absolute Gasteiger partial charge is 0.336 e. The van der Waals surface area contributed by atoms with Crippen LogP contribution in [0.4, 0.5) is 0 Å². The van der Waals surface area contributed by atoms with Crippen molar-refractivity contribution in [2.24, 2.45) is 5.73 Å². The molecular weight excluding hydrogens is 296 g/mol. The molecule has 3 N–H and O–H groups in total. The summed E-state index contributed by atoms with van der Waals surface area (Å²) in [7, 11) is 0. The molecule has 0 spiro atoms. The lowest BCUT2D eigenvalue weighted by Crippen LogP contribution is -2.55. The quantitative estimate of drug-likeness (QED) is 0.276. The van der Waals surface area contributed by atoms with Crippen LogP contribution < -0.4 is 22.8 Å². The molecule has 0 bridgehead atoms. The highest BCUT2D eigenvalue weighted by molar-refractivity contribution is 4.79. The van der Waals surface area contributed by atoms with Gasteiger partial charge in [0.15, 0.2) is 0 Å². The van der Waals surface area contributed by atoms with Crippen LogP contribution in [0.15, 0.2) is 14.4 Å². The molecule has 1 aromatic rings. The Morgan fingerprint density at radius 2 is 1.41 bits per heavy atom. The molecule has 0 atom stereocenters. The van der Waals surface area contributed by atoms with Crippen molar-refractivity contribution in [2.45, 2.75) is 33.0 Å². The number of hydrogen-bond acceptors (Lipinski definition) is 7. The molecule has 0 fully saturated rings. The maximum Gasteiger partial charge on any atom is 0.336 e. The zero-order valence-electron chi connectivity index (χ0n) is 12.6. The van der Waals surface area contributed by atoms with Gasteiger partial charge in [-0.2, -0.15) is 0 Å². The summed E-state index contributed by atoms with van der Waals surface area (Å²) in [6, 6.07) is 0. The summed E-state index contributed by atoms with van der Waals surface area (Å²) in [6.45, 7) is 1.67. The molecule has 126 valence electrons. The predicted octanol–water partition coefficient (Wildman–Crippen LogP) is -2.52. The molecule has 0 unspecified atom stereocenters. The third kappa shape index (κ3) is 4.37. The van der Waals surface area contributed by atoms with Gasteiger partial charge in [-0.05, 0) is 6.42 Å². The van der Waals surface area contributed by atoms with Crippen LogP contribution in [0, 0.1) is 0 Å². The second-order valence-electron chi connectivity index (χ2n) is 4.46. The monoisotopic (exact) mass is 318 g/mol. The lowest BCUT2D eigenvalue weighted by molar-refractivity contribution is -0.295. The van der Waals surface area contributed by atoms with Gasteiger partial charge >= 0.3 is 17.1 Å². The molecule has 22 heavy (non-hydrogen) atoms. The molecule has 0 aliphatic heterocycles. The number of rotatable bonds is 10. The first kappa shape index (κ1) is 18.3. The number of aliphatic hydroxyl groups excluding tert-OH is 1. The van der Waals surface area contributed by atoms with Crippen molar-refractivity contribution >= 4 is 0 Å². The fourth-order valence-corrected chi connectivity index (χ4v) is 1.82. The molecule has 0 saturated carbocycles. The van der Waals surface area contributed by atoms with Crippen LogP contribution in [-0.2, 0) is 29.4 Å². The first-order valence-electron chi connectivity index (χ1n) is 7.08. The Labute approximate surface area is 126 Å². The van der Waals surface area contributed by atoms with E-state index in [0.717, 1.165) is 20.1 Å². The Hall–Kier alpha value is -1.75.